The van der Waals surface area contributed by atoms with Crippen LogP contribution in [0.25, 0.3) is 11.0 Å². The van der Waals surface area contributed by atoms with Crippen molar-refractivity contribution in [2.45, 2.75) is 32.2 Å². The number of nitriles is 1. The lowest BCUT2D eigenvalue weighted by molar-refractivity contribution is -0.138. The molecular weight excluding hydrogens is 384 g/mol. The topological polar surface area (TPSA) is 114 Å². The molecule has 4 rings (SSSR count). The number of nitrogens with one attached hydrogen (secondary N) is 2. The van der Waals surface area contributed by atoms with Gasteiger partial charge in [0.2, 0.25) is 17.8 Å². The highest BCUT2D eigenvalue weighted by Gasteiger charge is 2.34. The number of hydrogen-bond acceptors (Lipinski definition) is 5. The smallest absolute Gasteiger partial charge is 0.248 e. The van der Waals surface area contributed by atoms with Crippen LogP contribution in [0.5, 0.6) is 0 Å². The minimum atomic E-state index is -0.625. The van der Waals surface area contributed by atoms with Crippen molar-refractivity contribution in [3.63, 3.8) is 0 Å². The molecular formula is C21H24N6O3. The van der Waals surface area contributed by atoms with E-state index in [0.29, 0.717) is 13.0 Å². The summed E-state index contributed by atoms with van der Waals surface area (Å²) in [6, 6.07) is 6.83. The number of likely N-dealkylation sites (tertiary alicyclic amines) is 2. The Labute approximate surface area is 174 Å². The largest absolute Gasteiger partial charge is 0.461 e. The van der Waals surface area contributed by atoms with E-state index in [1.807, 2.05) is 42.3 Å². The van der Waals surface area contributed by atoms with E-state index in [2.05, 4.69) is 15.6 Å². The molecule has 3 heterocycles. The summed E-state index contributed by atoms with van der Waals surface area (Å²) in [4.78, 5) is 32.8. The third kappa shape index (κ3) is 4.22. The molecule has 0 saturated carbocycles. The summed E-state index contributed by atoms with van der Waals surface area (Å²) in [5, 5.41) is 15.6. The van der Waals surface area contributed by atoms with Crippen LogP contribution in [0.2, 0.25) is 0 Å². The number of aliphatic imine (C=N–C) groups is 1. The predicted molar refractivity (Wildman–Crippen MR) is 112 cm³/mol. The van der Waals surface area contributed by atoms with Crippen molar-refractivity contribution in [2.24, 2.45) is 4.99 Å². The average molecular weight is 408 g/mol. The Hall–Kier alpha value is -3.54. The lowest BCUT2D eigenvalue weighted by Gasteiger charge is -2.20. The maximum atomic E-state index is 12.7. The second-order valence-corrected chi connectivity index (χ2v) is 7.60. The van der Waals surface area contributed by atoms with E-state index in [-0.39, 0.29) is 24.3 Å². The molecule has 9 nitrogen and oxygen atoms in total. The number of benzene rings is 1. The van der Waals surface area contributed by atoms with E-state index in [1.54, 1.807) is 4.90 Å². The van der Waals surface area contributed by atoms with Gasteiger partial charge in [-0.1, -0.05) is 0 Å². The second-order valence-electron chi connectivity index (χ2n) is 7.60. The summed E-state index contributed by atoms with van der Waals surface area (Å²) in [5.41, 5.74) is 1.49. The number of rotatable bonds is 4. The van der Waals surface area contributed by atoms with Gasteiger partial charge in [-0.3, -0.25) is 14.9 Å². The molecule has 2 amide bonds. The fourth-order valence-corrected chi connectivity index (χ4v) is 3.92. The molecule has 2 saturated heterocycles. The first kappa shape index (κ1) is 19.8. The van der Waals surface area contributed by atoms with Gasteiger partial charge in [0.15, 0.2) is 6.19 Å². The van der Waals surface area contributed by atoms with Crippen LogP contribution in [-0.2, 0) is 9.59 Å². The molecule has 1 aromatic carbocycles. The zero-order chi connectivity index (χ0) is 21.1. The van der Waals surface area contributed by atoms with Gasteiger partial charge in [-0.15, -0.1) is 0 Å². The molecule has 0 unspecified atom stereocenters. The molecule has 1 atom stereocenters. The van der Waals surface area contributed by atoms with E-state index in [4.69, 9.17) is 9.68 Å². The Bertz CT molecular complexity index is 1030. The van der Waals surface area contributed by atoms with Gasteiger partial charge in [0.05, 0.1) is 6.54 Å². The van der Waals surface area contributed by atoms with Gasteiger partial charge in [0.1, 0.15) is 17.4 Å². The lowest BCUT2D eigenvalue weighted by atomic mass is 10.2. The van der Waals surface area contributed by atoms with Crippen LogP contribution in [0, 0.1) is 18.4 Å². The molecule has 0 bridgehead atoms. The first-order valence-electron chi connectivity index (χ1n) is 10.1. The Morgan fingerprint density at radius 3 is 2.87 bits per heavy atom. The van der Waals surface area contributed by atoms with Gasteiger partial charge in [-0.25, -0.2) is 4.99 Å². The number of carbonyl (C=O) groups excluding carboxylic acids is 2. The number of aryl methyl sites for hydroxylation is 1. The number of anilines is 1. The Balaban J connectivity index is 1.44. The van der Waals surface area contributed by atoms with Crippen molar-refractivity contribution < 1.29 is 14.0 Å². The fourth-order valence-electron chi connectivity index (χ4n) is 3.92. The summed E-state index contributed by atoms with van der Waals surface area (Å²) < 4.78 is 5.57. The molecule has 0 radical (unpaired) electrons. The zero-order valence-electron chi connectivity index (χ0n) is 16.9. The molecule has 2 fully saturated rings. The van der Waals surface area contributed by atoms with Gasteiger partial charge < -0.3 is 19.5 Å². The molecule has 2 aromatic rings. The van der Waals surface area contributed by atoms with Crippen LogP contribution in [0.3, 0.4) is 0 Å². The van der Waals surface area contributed by atoms with E-state index < -0.39 is 6.04 Å². The third-order valence-corrected chi connectivity index (χ3v) is 5.42. The SMILES string of the molecule is Cc1cc2cc(NC(=N[C@@H]3CCN(CC(=O)N4CCCC4)C3=O)NC#N)ccc2o1. The van der Waals surface area contributed by atoms with Gasteiger partial charge in [-0.05, 0) is 50.5 Å². The molecule has 2 N–H and O–H groups in total. The third-order valence-electron chi connectivity index (χ3n) is 5.42. The molecule has 2 aliphatic rings. The van der Waals surface area contributed by atoms with Crippen LogP contribution in [0.4, 0.5) is 5.69 Å². The van der Waals surface area contributed by atoms with Crippen LogP contribution in [-0.4, -0.2) is 59.8 Å². The number of guanidine groups is 1. The van der Waals surface area contributed by atoms with Gasteiger partial charge >= 0.3 is 0 Å². The normalized spacial score (nSPS) is 19.4. The summed E-state index contributed by atoms with van der Waals surface area (Å²) in [6.45, 7) is 3.98. The molecule has 2 aliphatic heterocycles. The Morgan fingerprint density at radius 1 is 1.30 bits per heavy atom. The van der Waals surface area contributed by atoms with E-state index in [9.17, 15) is 9.59 Å². The molecule has 9 heteroatoms. The molecule has 30 heavy (non-hydrogen) atoms. The highest BCUT2D eigenvalue weighted by Crippen LogP contribution is 2.23. The first-order chi connectivity index (χ1) is 14.5. The van der Waals surface area contributed by atoms with Crippen LogP contribution in [0.1, 0.15) is 25.0 Å². The standard InChI is InChI=1S/C21H24N6O3/c1-14-10-15-11-16(4-5-18(15)30-14)24-21(23-13-22)25-17-6-9-27(20(17)29)12-19(28)26-7-2-3-8-26/h4-5,10-11,17H,2-3,6-9,12H2,1H3,(H2,23,24,25)/t17-/m1/s1. The number of hydrogen-bond donors (Lipinski definition) is 2. The maximum absolute atomic E-state index is 12.7. The highest BCUT2D eigenvalue weighted by atomic mass is 16.3. The van der Waals surface area contributed by atoms with E-state index >= 15 is 0 Å². The Kier molecular flexibility index (Phi) is 5.57. The van der Waals surface area contributed by atoms with Crippen molar-refractivity contribution in [3.05, 3.63) is 30.0 Å². The molecule has 156 valence electrons. The molecule has 0 spiro atoms. The molecule has 1 aromatic heterocycles. The highest BCUT2D eigenvalue weighted by molar-refractivity contribution is 5.99. The van der Waals surface area contributed by atoms with Crippen molar-refractivity contribution in [1.29, 1.82) is 5.26 Å². The van der Waals surface area contributed by atoms with Crippen molar-refractivity contribution >= 4 is 34.4 Å². The van der Waals surface area contributed by atoms with Crippen LogP contribution >= 0.6 is 0 Å². The zero-order valence-corrected chi connectivity index (χ0v) is 16.9. The fraction of sp³-hybridized carbons (Fsp3) is 0.429. The second kappa shape index (κ2) is 8.45. The van der Waals surface area contributed by atoms with Crippen molar-refractivity contribution in [2.75, 3.05) is 31.5 Å². The maximum Gasteiger partial charge on any atom is 0.248 e. The summed E-state index contributed by atoms with van der Waals surface area (Å²) in [5.74, 6) is 0.805. The average Bonchev–Trinajstić information content (AvgIpc) is 3.44. The minimum absolute atomic E-state index is 0.0114. The minimum Gasteiger partial charge on any atom is -0.461 e. The number of amides is 2. The monoisotopic (exact) mass is 408 g/mol. The summed E-state index contributed by atoms with van der Waals surface area (Å²) >= 11 is 0. The van der Waals surface area contributed by atoms with Gasteiger partial charge in [0, 0.05) is 30.7 Å². The van der Waals surface area contributed by atoms with Crippen molar-refractivity contribution in [3.8, 4) is 6.19 Å². The van der Waals surface area contributed by atoms with E-state index in [0.717, 1.165) is 48.3 Å². The van der Waals surface area contributed by atoms with Crippen LogP contribution < -0.4 is 10.6 Å². The van der Waals surface area contributed by atoms with Gasteiger partial charge in [-0.2, -0.15) is 5.26 Å². The van der Waals surface area contributed by atoms with Crippen LogP contribution in [0.15, 0.2) is 33.7 Å². The number of fused-ring (bicyclic) bond motifs is 1. The number of nitrogens with zero attached hydrogens (tertiary/aromatic N) is 4. The molecule has 0 aliphatic carbocycles. The summed E-state index contributed by atoms with van der Waals surface area (Å²) in [6.07, 6.45) is 4.39. The Morgan fingerprint density at radius 2 is 2.10 bits per heavy atom. The summed E-state index contributed by atoms with van der Waals surface area (Å²) in [7, 11) is 0. The lowest BCUT2D eigenvalue weighted by Crippen LogP contribution is -2.41. The van der Waals surface area contributed by atoms with E-state index in [1.165, 1.54) is 0 Å². The number of furan rings is 1. The quantitative estimate of drug-likeness (QED) is 0.345. The first-order valence-corrected chi connectivity index (χ1v) is 10.1. The number of carbonyl (C=O) groups is 2. The predicted octanol–water partition coefficient (Wildman–Crippen LogP) is 1.80. The van der Waals surface area contributed by atoms with Gasteiger partial charge in [0.25, 0.3) is 0 Å². The van der Waals surface area contributed by atoms with Crippen molar-refractivity contribution in [1.82, 2.24) is 15.1 Å².